The van der Waals surface area contributed by atoms with Gasteiger partial charge in [-0.05, 0) is 45.5 Å². The molecule has 0 saturated heterocycles. The van der Waals surface area contributed by atoms with Gasteiger partial charge in [-0.2, -0.15) is 0 Å². The van der Waals surface area contributed by atoms with E-state index in [0.717, 1.165) is 12.0 Å². The molecular weight excluding hydrogens is 259 g/mol. The van der Waals surface area contributed by atoms with E-state index in [4.69, 9.17) is 0 Å². The van der Waals surface area contributed by atoms with Crippen LogP contribution in [0.4, 0.5) is 4.39 Å². The minimum Gasteiger partial charge on any atom is -0.294 e. The summed E-state index contributed by atoms with van der Waals surface area (Å²) in [5.41, 5.74) is 1.39. The molecule has 3 heteroatoms. The Morgan fingerprint density at radius 1 is 1.40 bits per heavy atom. The molecule has 1 nitrogen and oxygen atoms in total. The highest BCUT2D eigenvalue weighted by Gasteiger charge is 2.32. The van der Waals surface area contributed by atoms with E-state index in [-0.39, 0.29) is 17.0 Å². The van der Waals surface area contributed by atoms with Crippen LogP contribution in [-0.4, -0.2) is 5.78 Å². The molecule has 0 heterocycles. The summed E-state index contributed by atoms with van der Waals surface area (Å²) in [6.45, 7) is 4.09. The van der Waals surface area contributed by atoms with Crippen LogP contribution in [0.15, 0.2) is 16.6 Å². The predicted molar refractivity (Wildman–Crippen MR) is 60.7 cm³/mol. The third kappa shape index (κ3) is 1.73. The fourth-order valence-electron chi connectivity index (χ4n) is 2.03. The molecule has 1 aliphatic rings. The van der Waals surface area contributed by atoms with E-state index in [9.17, 15) is 9.18 Å². The molecule has 0 unspecified atom stereocenters. The Kier molecular flexibility index (Phi) is 2.45. The first-order chi connectivity index (χ1) is 6.92. The van der Waals surface area contributed by atoms with Gasteiger partial charge in [0, 0.05) is 12.0 Å². The standard InChI is InChI=1S/C12H12BrFO/c1-12(2)4-3-11(15)7-5-9(13)10(14)6-8(7)12/h5-6H,3-4H2,1-2H3. The molecule has 0 aliphatic heterocycles. The van der Waals surface area contributed by atoms with E-state index in [2.05, 4.69) is 15.9 Å². The Balaban J connectivity index is 2.68. The minimum absolute atomic E-state index is 0.106. The van der Waals surface area contributed by atoms with Gasteiger partial charge in [-0.15, -0.1) is 0 Å². The molecule has 0 saturated carbocycles. The summed E-state index contributed by atoms with van der Waals surface area (Å²) >= 11 is 3.11. The van der Waals surface area contributed by atoms with Gasteiger partial charge in [0.15, 0.2) is 5.78 Å². The number of halogens is 2. The zero-order valence-electron chi connectivity index (χ0n) is 8.73. The van der Waals surface area contributed by atoms with E-state index in [0.29, 0.717) is 16.5 Å². The Hall–Kier alpha value is -0.700. The zero-order valence-corrected chi connectivity index (χ0v) is 10.3. The van der Waals surface area contributed by atoms with Gasteiger partial charge in [0.2, 0.25) is 0 Å². The van der Waals surface area contributed by atoms with Crippen molar-refractivity contribution in [2.45, 2.75) is 32.1 Å². The van der Waals surface area contributed by atoms with Crippen molar-refractivity contribution in [3.05, 3.63) is 33.5 Å². The van der Waals surface area contributed by atoms with Crippen molar-refractivity contribution >= 4 is 21.7 Å². The highest BCUT2D eigenvalue weighted by Crippen LogP contribution is 2.38. The Morgan fingerprint density at radius 2 is 2.07 bits per heavy atom. The molecule has 1 aromatic rings. The molecule has 2 rings (SSSR count). The molecule has 0 amide bonds. The van der Waals surface area contributed by atoms with Crippen molar-refractivity contribution in [1.82, 2.24) is 0 Å². The van der Waals surface area contributed by atoms with E-state index >= 15 is 0 Å². The number of hydrogen-bond acceptors (Lipinski definition) is 1. The maximum atomic E-state index is 13.4. The molecule has 0 bridgehead atoms. The molecule has 0 fully saturated rings. The molecule has 0 N–H and O–H groups in total. The normalized spacial score (nSPS) is 18.8. The van der Waals surface area contributed by atoms with Crippen molar-refractivity contribution < 1.29 is 9.18 Å². The molecule has 0 spiro atoms. The highest BCUT2D eigenvalue weighted by molar-refractivity contribution is 9.10. The lowest BCUT2D eigenvalue weighted by molar-refractivity contribution is 0.0956. The summed E-state index contributed by atoms with van der Waals surface area (Å²) in [7, 11) is 0. The first kappa shape index (κ1) is 10.8. The number of benzene rings is 1. The van der Waals surface area contributed by atoms with Gasteiger partial charge in [0.1, 0.15) is 5.82 Å². The number of ketones is 1. The van der Waals surface area contributed by atoms with Crippen LogP contribution in [0.25, 0.3) is 0 Å². The molecule has 0 aromatic heterocycles. The maximum absolute atomic E-state index is 13.4. The van der Waals surface area contributed by atoms with E-state index in [1.165, 1.54) is 6.07 Å². The fourth-order valence-corrected chi connectivity index (χ4v) is 2.38. The van der Waals surface area contributed by atoms with Crippen LogP contribution in [0.5, 0.6) is 0 Å². The molecule has 15 heavy (non-hydrogen) atoms. The third-order valence-electron chi connectivity index (χ3n) is 3.07. The lowest BCUT2D eigenvalue weighted by Crippen LogP contribution is -2.27. The lowest BCUT2D eigenvalue weighted by atomic mass is 9.72. The van der Waals surface area contributed by atoms with Gasteiger partial charge in [-0.25, -0.2) is 4.39 Å². The zero-order chi connectivity index (χ0) is 11.2. The number of carbonyl (C=O) groups excluding carboxylic acids is 1. The minimum atomic E-state index is -0.295. The van der Waals surface area contributed by atoms with E-state index < -0.39 is 0 Å². The second kappa shape index (κ2) is 3.41. The first-order valence-corrected chi connectivity index (χ1v) is 5.74. The number of carbonyl (C=O) groups is 1. The van der Waals surface area contributed by atoms with Crippen LogP contribution in [0.1, 0.15) is 42.6 Å². The van der Waals surface area contributed by atoms with Crippen molar-refractivity contribution in [1.29, 1.82) is 0 Å². The lowest BCUT2D eigenvalue weighted by Gasteiger charge is -2.31. The molecule has 80 valence electrons. The molecular formula is C12H12BrFO. The van der Waals surface area contributed by atoms with Gasteiger partial charge >= 0.3 is 0 Å². The average molecular weight is 271 g/mol. The summed E-state index contributed by atoms with van der Waals surface area (Å²) in [5.74, 6) is -0.179. The number of fused-ring (bicyclic) bond motifs is 1. The van der Waals surface area contributed by atoms with Crippen molar-refractivity contribution in [2.24, 2.45) is 0 Å². The smallest absolute Gasteiger partial charge is 0.163 e. The van der Waals surface area contributed by atoms with Gasteiger partial charge in [0.05, 0.1) is 4.47 Å². The monoisotopic (exact) mass is 270 g/mol. The van der Waals surface area contributed by atoms with Crippen LogP contribution in [0.2, 0.25) is 0 Å². The quantitative estimate of drug-likeness (QED) is 0.700. The fraction of sp³-hybridized carbons (Fsp3) is 0.417. The number of Topliss-reactive ketones (excluding diaryl/α,β-unsaturated/α-hetero) is 1. The van der Waals surface area contributed by atoms with Gasteiger partial charge in [-0.1, -0.05) is 13.8 Å². The van der Waals surface area contributed by atoms with Crippen LogP contribution < -0.4 is 0 Å². The molecule has 0 radical (unpaired) electrons. The van der Waals surface area contributed by atoms with Crippen molar-refractivity contribution in [2.75, 3.05) is 0 Å². The molecule has 1 aromatic carbocycles. The Morgan fingerprint density at radius 3 is 2.73 bits per heavy atom. The van der Waals surface area contributed by atoms with Crippen LogP contribution >= 0.6 is 15.9 Å². The van der Waals surface area contributed by atoms with E-state index in [1.807, 2.05) is 13.8 Å². The van der Waals surface area contributed by atoms with Crippen LogP contribution in [0.3, 0.4) is 0 Å². The first-order valence-electron chi connectivity index (χ1n) is 4.94. The van der Waals surface area contributed by atoms with E-state index in [1.54, 1.807) is 6.07 Å². The second-order valence-corrected chi connectivity index (χ2v) is 5.47. The topological polar surface area (TPSA) is 17.1 Å². The van der Waals surface area contributed by atoms with Crippen molar-refractivity contribution in [3.8, 4) is 0 Å². The summed E-state index contributed by atoms with van der Waals surface area (Å²) in [6, 6.07) is 3.09. The summed E-state index contributed by atoms with van der Waals surface area (Å²) in [5, 5.41) is 0. The SMILES string of the molecule is CC1(C)CCC(=O)c2cc(Br)c(F)cc21. The van der Waals surface area contributed by atoms with Crippen LogP contribution in [-0.2, 0) is 5.41 Å². The van der Waals surface area contributed by atoms with Crippen LogP contribution in [0, 0.1) is 5.82 Å². The largest absolute Gasteiger partial charge is 0.294 e. The van der Waals surface area contributed by atoms with Gasteiger partial charge < -0.3 is 0 Å². The predicted octanol–water partition coefficient (Wildman–Crippen LogP) is 3.84. The summed E-state index contributed by atoms with van der Waals surface area (Å²) in [4.78, 5) is 11.7. The van der Waals surface area contributed by atoms with Crippen molar-refractivity contribution in [3.63, 3.8) is 0 Å². The highest BCUT2D eigenvalue weighted by atomic mass is 79.9. The van der Waals surface area contributed by atoms with Gasteiger partial charge in [0.25, 0.3) is 0 Å². The Labute approximate surface area is 96.8 Å². The maximum Gasteiger partial charge on any atom is 0.163 e. The van der Waals surface area contributed by atoms with Gasteiger partial charge in [-0.3, -0.25) is 4.79 Å². The number of rotatable bonds is 0. The Bertz CT molecular complexity index is 437. The average Bonchev–Trinajstić information content (AvgIpc) is 2.16. The third-order valence-corrected chi connectivity index (χ3v) is 3.67. The second-order valence-electron chi connectivity index (χ2n) is 4.62. The number of hydrogen-bond donors (Lipinski definition) is 0. The summed E-state index contributed by atoms with van der Waals surface area (Å²) in [6.07, 6.45) is 1.35. The summed E-state index contributed by atoms with van der Waals surface area (Å²) < 4.78 is 13.8. The molecule has 1 aliphatic carbocycles. The molecule has 0 atom stereocenters.